The lowest BCUT2D eigenvalue weighted by atomic mass is 9.73. The molecule has 1 aromatic rings. The summed E-state index contributed by atoms with van der Waals surface area (Å²) >= 11 is 0. The third-order valence-corrected chi connectivity index (χ3v) is 3.91. The summed E-state index contributed by atoms with van der Waals surface area (Å²) in [5.41, 5.74) is 7.18. The van der Waals surface area contributed by atoms with E-state index in [1.807, 2.05) is 6.07 Å². The van der Waals surface area contributed by atoms with Crippen LogP contribution in [-0.4, -0.2) is 4.98 Å². The summed E-state index contributed by atoms with van der Waals surface area (Å²) in [5, 5.41) is 0. The van der Waals surface area contributed by atoms with Gasteiger partial charge in [-0.2, -0.15) is 0 Å². The van der Waals surface area contributed by atoms with Gasteiger partial charge in [-0.15, -0.1) is 0 Å². The van der Waals surface area contributed by atoms with Gasteiger partial charge in [0.15, 0.2) is 0 Å². The van der Waals surface area contributed by atoms with E-state index in [0.29, 0.717) is 5.92 Å². The predicted molar refractivity (Wildman–Crippen MR) is 63.6 cm³/mol. The van der Waals surface area contributed by atoms with Gasteiger partial charge in [-0.25, -0.2) is 4.98 Å². The first-order valence-corrected chi connectivity index (χ1v) is 5.89. The van der Waals surface area contributed by atoms with Crippen molar-refractivity contribution < 1.29 is 0 Å². The third kappa shape index (κ3) is 2.14. The summed E-state index contributed by atoms with van der Waals surface area (Å²) in [5.74, 6) is 3.02. The molecule has 0 aromatic carbocycles. The van der Waals surface area contributed by atoms with Gasteiger partial charge in [0, 0.05) is 6.20 Å². The summed E-state index contributed by atoms with van der Waals surface area (Å²) in [6.45, 7) is 4.71. The molecule has 15 heavy (non-hydrogen) atoms. The molecule has 0 spiro atoms. The molecule has 0 saturated heterocycles. The first-order valence-electron chi connectivity index (χ1n) is 5.89. The lowest BCUT2D eigenvalue weighted by Crippen LogP contribution is -2.20. The quantitative estimate of drug-likeness (QED) is 0.763. The summed E-state index contributed by atoms with van der Waals surface area (Å²) in [7, 11) is 0. The maximum atomic E-state index is 5.92. The minimum atomic E-state index is 0.630. The minimum Gasteiger partial charge on any atom is -0.383 e. The number of nitrogens with two attached hydrogens (primary N) is 1. The van der Waals surface area contributed by atoms with Gasteiger partial charge in [0.1, 0.15) is 5.82 Å². The van der Waals surface area contributed by atoms with Crippen molar-refractivity contribution in [3.05, 3.63) is 23.9 Å². The molecule has 0 aliphatic heterocycles. The van der Waals surface area contributed by atoms with E-state index in [0.717, 1.165) is 17.7 Å². The van der Waals surface area contributed by atoms with Crippen LogP contribution < -0.4 is 5.73 Å². The molecule has 82 valence electrons. The van der Waals surface area contributed by atoms with E-state index < -0.39 is 0 Å². The number of pyridine rings is 1. The predicted octanol–water partition coefficient (Wildman–Crippen LogP) is 3.20. The van der Waals surface area contributed by atoms with Gasteiger partial charge >= 0.3 is 0 Å². The van der Waals surface area contributed by atoms with E-state index in [2.05, 4.69) is 24.9 Å². The zero-order valence-electron chi connectivity index (χ0n) is 9.61. The standard InChI is InChI=1S/C13H20N2/c1-9-5-6-11(8-10(9)2)12-4-3-7-15-13(12)14/h3-4,7,9-11H,5-6,8H2,1-2H3,(H2,14,15). The highest BCUT2D eigenvalue weighted by atomic mass is 14.8. The molecule has 0 radical (unpaired) electrons. The molecular weight excluding hydrogens is 184 g/mol. The highest BCUT2D eigenvalue weighted by Gasteiger charge is 2.26. The Morgan fingerprint density at radius 3 is 2.73 bits per heavy atom. The molecular formula is C13H20N2. The zero-order valence-corrected chi connectivity index (χ0v) is 9.61. The molecule has 1 fully saturated rings. The highest BCUT2D eigenvalue weighted by Crippen LogP contribution is 2.40. The summed E-state index contributed by atoms with van der Waals surface area (Å²) < 4.78 is 0. The van der Waals surface area contributed by atoms with Crippen LogP contribution in [0.25, 0.3) is 0 Å². The molecule has 2 N–H and O–H groups in total. The maximum absolute atomic E-state index is 5.92. The van der Waals surface area contributed by atoms with Crippen molar-refractivity contribution in [1.82, 2.24) is 4.98 Å². The third-order valence-electron chi connectivity index (χ3n) is 3.91. The Kier molecular flexibility index (Phi) is 2.94. The number of aromatic nitrogens is 1. The van der Waals surface area contributed by atoms with E-state index >= 15 is 0 Å². The van der Waals surface area contributed by atoms with Crippen LogP contribution in [0.15, 0.2) is 18.3 Å². The van der Waals surface area contributed by atoms with E-state index in [4.69, 9.17) is 5.73 Å². The zero-order chi connectivity index (χ0) is 10.8. The fourth-order valence-corrected chi connectivity index (χ4v) is 2.61. The Balaban J connectivity index is 2.15. The topological polar surface area (TPSA) is 38.9 Å². The molecule has 1 aliphatic carbocycles. The van der Waals surface area contributed by atoms with Gasteiger partial charge in [-0.3, -0.25) is 0 Å². The average Bonchev–Trinajstić information content (AvgIpc) is 2.23. The van der Waals surface area contributed by atoms with E-state index in [1.54, 1.807) is 6.20 Å². The number of anilines is 1. The molecule has 2 rings (SSSR count). The number of rotatable bonds is 1. The van der Waals surface area contributed by atoms with E-state index in [9.17, 15) is 0 Å². The van der Waals surface area contributed by atoms with Crippen LogP contribution in [0.4, 0.5) is 5.82 Å². The Morgan fingerprint density at radius 1 is 1.27 bits per heavy atom. The van der Waals surface area contributed by atoms with Gasteiger partial charge < -0.3 is 5.73 Å². The normalized spacial score (nSPS) is 31.5. The summed E-state index contributed by atoms with van der Waals surface area (Å²) in [4.78, 5) is 4.18. The van der Waals surface area contributed by atoms with Crippen molar-refractivity contribution in [2.24, 2.45) is 11.8 Å². The van der Waals surface area contributed by atoms with Crippen molar-refractivity contribution in [1.29, 1.82) is 0 Å². The monoisotopic (exact) mass is 204 g/mol. The van der Waals surface area contributed by atoms with Crippen LogP contribution in [0, 0.1) is 11.8 Å². The van der Waals surface area contributed by atoms with Crippen LogP contribution in [-0.2, 0) is 0 Å². The van der Waals surface area contributed by atoms with Crippen LogP contribution in [0.3, 0.4) is 0 Å². The minimum absolute atomic E-state index is 0.630. The SMILES string of the molecule is CC1CCC(c2cccnc2N)CC1C. The van der Waals surface area contributed by atoms with Gasteiger partial charge in [0.05, 0.1) is 0 Å². The molecule has 2 heteroatoms. The molecule has 0 amide bonds. The lowest BCUT2D eigenvalue weighted by Gasteiger charge is -2.32. The first kappa shape index (κ1) is 10.5. The molecule has 3 unspecified atom stereocenters. The number of hydrogen-bond acceptors (Lipinski definition) is 2. The van der Waals surface area contributed by atoms with Crippen LogP contribution in [0.2, 0.25) is 0 Å². The first-order chi connectivity index (χ1) is 7.18. The van der Waals surface area contributed by atoms with Gasteiger partial charge in [-0.05, 0) is 48.6 Å². The number of nitrogens with zero attached hydrogens (tertiary/aromatic N) is 1. The lowest BCUT2D eigenvalue weighted by molar-refractivity contribution is 0.250. The van der Waals surface area contributed by atoms with E-state index in [1.165, 1.54) is 24.8 Å². The second-order valence-electron chi connectivity index (χ2n) is 4.94. The van der Waals surface area contributed by atoms with Crippen molar-refractivity contribution in [2.45, 2.75) is 39.0 Å². The van der Waals surface area contributed by atoms with Crippen molar-refractivity contribution in [2.75, 3.05) is 5.73 Å². The van der Waals surface area contributed by atoms with Gasteiger partial charge in [0.2, 0.25) is 0 Å². The van der Waals surface area contributed by atoms with Crippen LogP contribution >= 0.6 is 0 Å². The molecule has 1 aromatic heterocycles. The fourth-order valence-electron chi connectivity index (χ4n) is 2.61. The maximum Gasteiger partial charge on any atom is 0.126 e. The second kappa shape index (κ2) is 4.21. The van der Waals surface area contributed by atoms with Crippen molar-refractivity contribution >= 4 is 5.82 Å². The highest BCUT2D eigenvalue weighted by molar-refractivity contribution is 5.41. The van der Waals surface area contributed by atoms with E-state index in [-0.39, 0.29) is 0 Å². The number of hydrogen-bond donors (Lipinski definition) is 1. The molecule has 2 nitrogen and oxygen atoms in total. The largest absolute Gasteiger partial charge is 0.383 e. The summed E-state index contributed by atoms with van der Waals surface area (Å²) in [6, 6.07) is 4.13. The fraction of sp³-hybridized carbons (Fsp3) is 0.615. The van der Waals surface area contributed by atoms with Crippen molar-refractivity contribution in [3.63, 3.8) is 0 Å². The van der Waals surface area contributed by atoms with Crippen LogP contribution in [0.5, 0.6) is 0 Å². The Hall–Kier alpha value is -1.05. The Bertz CT molecular complexity index is 335. The molecule has 1 aliphatic rings. The molecule has 1 heterocycles. The average molecular weight is 204 g/mol. The Labute approximate surface area is 91.9 Å². The van der Waals surface area contributed by atoms with Crippen LogP contribution in [0.1, 0.15) is 44.6 Å². The Morgan fingerprint density at radius 2 is 2.07 bits per heavy atom. The molecule has 1 saturated carbocycles. The molecule has 3 atom stereocenters. The molecule has 0 bridgehead atoms. The number of nitrogen functional groups attached to an aromatic ring is 1. The smallest absolute Gasteiger partial charge is 0.126 e. The van der Waals surface area contributed by atoms with Crippen molar-refractivity contribution in [3.8, 4) is 0 Å². The second-order valence-corrected chi connectivity index (χ2v) is 4.94. The van der Waals surface area contributed by atoms with Gasteiger partial charge in [-0.1, -0.05) is 19.9 Å². The summed E-state index contributed by atoms with van der Waals surface area (Å²) in [6.07, 6.45) is 5.62. The van der Waals surface area contributed by atoms with Gasteiger partial charge in [0.25, 0.3) is 0 Å².